The highest BCUT2D eigenvalue weighted by atomic mass is 15.1. The Morgan fingerprint density at radius 2 is 1.55 bits per heavy atom. The van der Waals surface area contributed by atoms with E-state index in [1.807, 2.05) is 0 Å². The van der Waals surface area contributed by atoms with Gasteiger partial charge < -0.3 is 10.2 Å². The van der Waals surface area contributed by atoms with Crippen molar-refractivity contribution in [2.45, 2.75) is 59.0 Å². The van der Waals surface area contributed by atoms with E-state index >= 15 is 0 Å². The molecule has 1 rings (SSSR count). The minimum absolute atomic E-state index is 0.420. The van der Waals surface area contributed by atoms with Gasteiger partial charge in [-0.05, 0) is 50.9 Å². The minimum atomic E-state index is 0.420. The normalized spacial score (nSPS) is 13.4. The standard InChI is InChI=1S/C18H32N2/c1-7-12-19-18(13-20(6)15(4)5)17-10-8-16(9-11-17)14(2)3/h8-11,14-15,18-19H,7,12-13H2,1-6H3. The zero-order chi connectivity index (χ0) is 15.1. The summed E-state index contributed by atoms with van der Waals surface area (Å²) in [5, 5.41) is 3.68. The van der Waals surface area contributed by atoms with Crippen LogP contribution in [0.4, 0.5) is 0 Å². The van der Waals surface area contributed by atoms with Crippen LogP contribution in [0.25, 0.3) is 0 Å². The fraction of sp³-hybridized carbons (Fsp3) is 0.667. The highest BCUT2D eigenvalue weighted by molar-refractivity contribution is 5.27. The van der Waals surface area contributed by atoms with Crippen LogP contribution in [-0.2, 0) is 0 Å². The summed E-state index contributed by atoms with van der Waals surface area (Å²) in [7, 11) is 2.20. The van der Waals surface area contributed by atoms with Crippen LogP contribution in [0.3, 0.4) is 0 Å². The third-order valence-corrected chi connectivity index (χ3v) is 4.00. The number of nitrogens with zero attached hydrogens (tertiary/aromatic N) is 1. The van der Waals surface area contributed by atoms with Crippen LogP contribution >= 0.6 is 0 Å². The van der Waals surface area contributed by atoms with Crippen LogP contribution in [0, 0.1) is 0 Å². The van der Waals surface area contributed by atoms with E-state index in [0.29, 0.717) is 18.0 Å². The van der Waals surface area contributed by atoms with Crippen LogP contribution in [0.1, 0.15) is 64.1 Å². The molecule has 1 N–H and O–H groups in total. The molecule has 0 saturated carbocycles. The molecule has 0 spiro atoms. The molecule has 1 aromatic rings. The first-order chi connectivity index (χ1) is 9.45. The van der Waals surface area contributed by atoms with E-state index in [2.05, 4.69) is 76.1 Å². The van der Waals surface area contributed by atoms with Crippen LogP contribution in [0.5, 0.6) is 0 Å². The lowest BCUT2D eigenvalue weighted by atomic mass is 9.98. The van der Waals surface area contributed by atoms with Crippen molar-refractivity contribution in [2.75, 3.05) is 20.1 Å². The van der Waals surface area contributed by atoms with Gasteiger partial charge in [-0.25, -0.2) is 0 Å². The Hall–Kier alpha value is -0.860. The quantitative estimate of drug-likeness (QED) is 0.766. The van der Waals surface area contributed by atoms with Gasteiger partial charge >= 0.3 is 0 Å². The maximum absolute atomic E-state index is 3.68. The topological polar surface area (TPSA) is 15.3 Å². The fourth-order valence-electron chi connectivity index (χ4n) is 2.22. The van der Waals surface area contributed by atoms with E-state index in [-0.39, 0.29) is 0 Å². The van der Waals surface area contributed by atoms with E-state index in [1.165, 1.54) is 17.5 Å². The van der Waals surface area contributed by atoms with E-state index in [0.717, 1.165) is 13.1 Å². The van der Waals surface area contributed by atoms with Gasteiger partial charge in [-0.2, -0.15) is 0 Å². The molecular weight excluding hydrogens is 244 g/mol. The highest BCUT2D eigenvalue weighted by Gasteiger charge is 2.15. The summed E-state index contributed by atoms with van der Waals surface area (Å²) in [6.07, 6.45) is 1.17. The van der Waals surface area contributed by atoms with Gasteiger partial charge in [0.2, 0.25) is 0 Å². The summed E-state index contributed by atoms with van der Waals surface area (Å²) in [6.45, 7) is 13.3. The van der Waals surface area contributed by atoms with E-state index < -0.39 is 0 Å². The first kappa shape index (κ1) is 17.2. The molecule has 0 aliphatic rings. The Balaban J connectivity index is 2.80. The Morgan fingerprint density at radius 1 is 1.00 bits per heavy atom. The monoisotopic (exact) mass is 276 g/mol. The van der Waals surface area contributed by atoms with Crippen LogP contribution in [-0.4, -0.2) is 31.1 Å². The summed E-state index contributed by atoms with van der Waals surface area (Å²) in [4.78, 5) is 2.41. The molecule has 0 aromatic heterocycles. The number of hydrogen-bond donors (Lipinski definition) is 1. The second kappa shape index (κ2) is 8.43. The van der Waals surface area contributed by atoms with Crippen molar-refractivity contribution < 1.29 is 0 Å². The minimum Gasteiger partial charge on any atom is -0.309 e. The van der Waals surface area contributed by atoms with Crippen molar-refractivity contribution >= 4 is 0 Å². The molecule has 1 atom stereocenters. The number of rotatable bonds is 8. The lowest BCUT2D eigenvalue weighted by Crippen LogP contribution is -2.36. The van der Waals surface area contributed by atoms with Gasteiger partial charge in [0.05, 0.1) is 0 Å². The maximum atomic E-state index is 3.68. The molecule has 1 aromatic carbocycles. The number of likely N-dealkylation sites (N-methyl/N-ethyl adjacent to an activating group) is 1. The van der Waals surface area contributed by atoms with Crippen LogP contribution in [0.15, 0.2) is 24.3 Å². The average Bonchev–Trinajstić information content (AvgIpc) is 2.43. The molecule has 0 aliphatic carbocycles. The van der Waals surface area contributed by atoms with Crippen molar-refractivity contribution in [3.63, 3.8) is 0 Å². The fourth-order valence-corrected chi connectivity index (χ4v) is 2.22. The molecule has 20 heavy (non-hydrogen) atoms. The number of hydrogen-bond acceptors (Lipinski definition) is 2. The van der Waals surface area contributed by atoms with Gasteiger partial charge in [-0.15, -0.1) is 0 Å². The second-order valence-electron chi connectivity index (χ2n) is 6.36. The lowest BCUT2D eigenvalue weighted by Gasteiger charge is -2.28. The van der Waals surface area contributed by atoms with Crippen molar-refractivity contribution in [3.8, 4) is 0 Å². The average molecular weight is 276 g/mol. The molecule has 2 nitrogen and oxygen atoms in total. The molecule has 2 heteroatoms. The van der Waals surface area contributed by atoms with E-state index in [9.17, 15) is 0 Å². The predicted octanol–water partition coefficient (Wildman–Crippen LogP) is 4.19. The molecule has 1 unspecified atom stereocenters. The third-order valence-electron chi connectivity index (χ3n) is 4.00. The molecular formula is C18H32N2. The predicted molar refractivity (Wildman–Crippen MR) is 89.3 cm³/mol. The Bertz CT molecular complexity index is 368. The smallest absolute Gasteiger partial charge is 0.0449 e. The Kier molecular flexibility index (Phi) is 7.25. The molecule has 0 bridgehead atoms. The molecule has 0 radical (unpaired) electrons. The zero-order valence-electron chi connectivity index (χ0n) is 14.1. The van der Waals surface area contributed by atoms with E-state index in [4.69, 9.17) is 0 Å². The summed E-state index contributed by atoms with van der Waals surface area (Å²) in [5.74, 6) is 0.601. The summed E-state index contributed by atoms with van der Waals surface area (Å²) in [6, 6.07) is 10.1. The van der Waals surface area contributed by atoms with Gasteiger partial charge in [-0.3, -0.25) is 0 Å². The van der Waals surface area contributed by atoms with Crippen molar-refractivity contribution in [1.29, 1.82) is 0 Å². The molecule has 0 heterocycles. The molecule has 0 saturated heterocycles. The molecule has 114 valence electrons. The van der Waals surface area contributed by atoms with Crippen LogP contribution < -0.4 is 5.32 Å². The molecule has 0 aliphatic heterocycles. The van der Waals surface area contributed by atoms with Crippen LogP contribution in [0.2, 0.25) is 0 Å². The highest BCUT2D eigenvalue weighted by Crippen LogP contribution is 2.20. The Labute approximate surface area is 125 Å². The lowest BCUT2D eigenvalue weighted by molar-refractivity contribution is 0.242. The summed E-state index contributed by atoms with van der Waals surface area (Å²) in [5.41, 5.74) is 2.82. The first-order valence-electron chi connectivity index (χ1n) is 7.99. The van der Waals surface area contributed by atoms with Crippen molar-refractivity contribution in [1.82, 2.24) is 10.2 Å². The Morgan fingerprint density at radius 3 is 2.00 bits per heavy atom. The molecule has 0 amide bonds. The van der Waals surface area contributed by atoms with Crippen molar-refractivity contribution in [3.05, 3.63) is 35.4 Å². The van der Waals surface area contributed by atoms with Gasteiger partial charge in [0.25, 0.3) is 0 Å². The second-order valence-corrected chi connectivity index (χ2v) is 6.36. The SMILES string of the molecule is CCCNC(CN(C)C(C)C)c1ccc(C(C)C)cc1. The van der Waals surface area contributed by atoms with E-state index in [1.54, 1.807) is 0 Å². The largest absolute Gasteiger partial charge is 0.309 e. The van der Waals surface area contributed by atoms with Gasteiger partial charge in [0.1, 0.15) is 0 Å². The summed E-state index contributed by atoms with van der Waals surface area (Å²) >= 11 is 0. The maximum Gasteiger partial charge on any atom is 0.0449 e. The van der Waals surface area contributed by atoms with Gasteiger partial charge in [0, 0.05) is 18.6 Å². The van der Waals surface area contributed by atoms with Gasteiger partial charge in [0.15, 0.2) is 0 Å². The first-order valence-corrected chi connectivity index (χ1v) is 7.99. The number of benzene rings is 1. The molecule has 0 fully saturated rings. The number of nitrogens with one attached hydrogen (secondary N) is 1. The third kappa shape index (κ3) is 5.26. The summed E-state index contributed by atoms with van der Waals surface area (Å²) < 4.78 is 0. The zero-order valence-corrected chi connectivity index (χ0v) is 14.1. The van der Waals surface area contributed by atoms with Crippen molar-refractivity contribution in [2.24, 2.45) is 0 Å². The van der Waals surface area contributed by atoms with Gasteiger partial charge in [-0.1, -0.05) is 45.0 Å².